The van der Waals surface area contributed by atoms with Crippen molar-refractivity contribution in [3.8, 4) is 17.6 Å². The number of carbonyl (C=O) groups is 1. The van der Waals surface area contributed by atoms with Crippen molar-refractivity contribution in [3.63, 3.8) is 0 Å². The van der Waals surface area contributed by atoms with Gasteiger partial charge in [0.2, 0.25) is 11.0 Å². The number of nitrogens with one attached hydrogen (secondary N) is 1. The van der Waals surface area contributed by atoms with E-state index in [0.29, 0.717) is 22.9 Å². The summed E-state index contributed by atoms with van der Waals surface area (Å²) in [6.07, 6.45) is 0.549. The Hall–Kier alpha value is -4.02. The molecule has 6 nitrogen and oxygen atoms in total. The molecule has 0 bridgehead atoms. The molecule has 2 unspecified atom stereocenters. The fraction of sp³-hybridized carbons (Fsp3) is 0.154. The van der Waals surface area contributed by atoms with Crippen LogP contribution in [0.5, 0.6) is 11.5 Å². The van der Waals surface area contributed by atoms with Crippen LogP contribution in [-0.4, -0.2) is 16.1 Å². The van der Waals surface area contributed by atoms with Crippen LogP contribution in [0.3, 0.4) is 0 Å². The van der Waals surface area contributed by atoms with Gasteiger partial charge in [-0.2, -0.15) is 5.26 Å². The first-order valence-electron chi connectivity index (χ1n) is 10.5. The molecule has 0 saturated heterocycles. The molecule has 0 saturated carbocycles. The fourth-order valence-electron chi connectivity index (χ4n) is 4.54. The topological polar surface area (TPSA) is 87.9 Å². The van der Waals surface area contributed by atoms with Crippen LogP contribution in [0.1, 0.15) is 35.1 Å². The van der Waals surface area contributed by atoms with Crippen LogP contribution in [0.2, 0.25) is 0 Å². The van der Waals surface area contributed by atoms with E-state index in [1.54, 1.807) is 11.6 Å². The van der Waals surface area contributed by atoms with E-state index in [2.05, 4.69) is 21.6 Å². The van der Waals surface area contributed by atoms with Gasteiger partial charge in [-0.15, -0.1) is 10.2 Å². The van der Waals surface area contributed by atoms with Crippen molar-refractivity contribution in [2.45, 2.75) is 19.3 Å². The van der Waals surface area contributed by atoms with Crippen molar-refractivity contribution in [2.75, 3.05) is 5.32 Å². The van der Waals surface area contributed by atoms with Crippen molar-refractivity contribution in [1.82, 2.24) is 10.2 Å². The first kappa shape index (κ1) is 20.9. The Bertz CT molecular complexity index is 1350. The van der Waals surface area contributed by atoms with Crippen molar-refractivity contribution < 1.29 is 9.53 Å². The summed E-state index contributed by atoms with van der Waals surface area (Å²) in [5, 5.41) is 20.7. The molecule has 0 radical (unpaired) electrons. The summed E-state index contributed by atoms with van der Waals surface area (Å²) in [5.74, 6) is 1.04. The van der Waals surface area contributed by atoms with Crippen molar-refractivity contribution in [2.24, 2.45) is 5.41 Å². The maximum Gasteiger partial charge on any atom is 0.233 e. The van der Waals surface area contributed by atoms with Gasteiger partial charge in [-0.3, -0.25) is 4.79 Å². The monoisotopic (exact) mass is 452 g/mol. The van der Waals surface area contributed by atoms with Gasteiger partial charge in [0.05, 0.1) is 17.0 Å². The molecule has 2 atom stereocenters. The van der Waals surface area contributed by atoms with Crippen molar-refractivity contribution in [1.29, 1.82) is 5.26 Å². The minimum absolute atomic E-state index is 0.131. The third kappa shape index (κ3) is 3.97. The van der Waals surface area contributed by atoms with Crippen LogP contribution < -0.4 is 10.1 Å². The second kappa shape index (κ2) is 8.49. The van der Waals surface area contributed by atoms with Gasteiger partial charge in [0.1, 0.15) is 17.0 Å². The van der Waals surface area contributed by atoms with Gasteiger partial charge in [0, 0.05) is 5.92 Å². The number of nitrogens with zero attached hydrogens (tertiary/aromatic N) is 3. The Morgan fingerprint density at radius 1 is 1.12 bits per heavy atom. The van der Waals surface area contributed by atoms with Crippen LogP contribution >= 0.6 is 11.3 Å². The molecule has 0 spiro atoms. The highest BCUT2D eigenvalue weighted by Crippen LogP contribution is 2.52. The summed E-state index contributed by atoms with van der Waals surface area (Å²) in [6, 6.07) is 25.3. The molecule has 0 aliphatic heterocycles. The molecule has 1 aliphatic carbocycles. The number of hydrogen-bond donors (Lipinski definition) is 1. The zero-order valence-electron chi connectivity index (χ0n) is 17.9. The van der Waals surface area contributed by atoms with Gasteiger partial charge >= 0.3 is 0 Å². The van der Waals surface area contributed by atoms with Crippen LogP contribution in [-0.2, 0) is 11.2 Å². The fourth-order valence-corrected chi connectivity index (χ4v) is 4.98. The molecule has 4 aromatic rings. The van der Waals surface area contributed by atoms with Gasteiger partial charge < -0.3 is 10.1 Å². The number of anilines is 1. The van der Waals surface area contributed by atoms with E-state index in [4.69, 9.17) is 4.74 Å². The lowest BCUT2D eigenvalue weighted by molar-refractivity contribution is -0.125. The summed E-state index contributed by atoms with van der Waals surface area (Å²) in [7, 11) is 0. The average Bonchev–Trinajstić information content (AvgIpc) is 3.45. The molecule has 0 fully saturated rings. The molecular weight excluding hydrogens is 432 g/mol. The van der Waals surface area contributed by atoms with E-state index >= 15 is 0 Å². The number of para-hydroxylation sites is 1. The highest BCUT2D eigenvalue weighted by Gasteiger charge is 2.49. The van der Waals surface area contributed by atoms with Crippen molar-refractivity contribution in [3.05, 3.63) is 101 Å². The minimum atomic E-state index is -0.784. The zero-order valence-corrected chi connectivity index (χ0v) is 18.7. The van der Waals surface area contributed by atoms with E-state index in [1.807, 2.05) is 73.7 Å². The maximum atomic E-state index is 13.5. The number of hydrogen-bond acceptors (Lipinski definition) is 6. The molecule has 1 amide bonds. The molecule has 1 aliphatic rings. The van der Waals surface area contributed by atoms with Gasteiger partial charge in [-0.1, -0.05) is 47.7 Å². The number of aromatic nitrogens is 2. The zero-order chi connectivity index (χ0) is 22.8. The van der Waals surface area contributed by atoms with Gasteiger partial charge in [-0.05, 0) is 66.4 Å². The summed E-state index contributed by atoms with van der Waals surface area (Å²) >= 11 is 1.28. The third-order valence-corrected chi connectivity index (χ3v) is 6.66. The molecular formula is C26H20N4O2S. The van der Waals surface area contributed by atoms with Gasteiger partial charge in [-0.25, -0.2) is 0 Å². The molecule has 1 heterocycles. The highest BCUT2D eigenvalue weighted by atomic mass is 32.1. The second-order valence-electron chi connectivity index (χ2n) is 8.24. The number of ether oxygens (including phenoxy) is 1. The summed E-state index contributed by atoms with van der Waals surface area (Å²) < 4.78 is 6.06. The summed E-state index contributed by atoms with van der Waals surface area (Å²) in [4.78, 5) is 13.5. The number of fused-ring (bicyclic) bond motifs is 1. The highest BCUT2D eigenvalue weighted by molar-refractivity contribution is 7.13. The Labute approximate surface area is 195 Å². The molecule has 7 heteroatoms. The first-order valence-corrected chi connectivity index (χ1v) is 11.4. The Morgan fingerprint density at radius 2 is 1.94 bits per heavy atom. The maximum absolute atomic E-state index is 13.5. The SMILES string of the molecule is CC1(C(=O)Nc2nncs2)Cc2ccc(C#N)cc2C1c1cccc(Oc2ccccc2)c1. The van der Waals surface area contributed by atoms with Crippen LogP contribution in [0, 0.1) is 16.7 Å². The Morgan fingerprint density at radius 3 is 2.70 bits per heavy atom. The largest absolute Gasteiger partial charge is 0.457 e. The van der Waals surface area contributed by atoms with Gasteiger partial charge in [0.25, 0.3) is 0 Å². The lowest BCUT2D eigenvalue weighted by Crippen LogP contribution is -2.37. The lowest BCUT2D eigenvalue weighted by atomic mass is 9.73. The predicted octanol–water partition coefficient (Wildman–Crippen LogP) is 5.54. The first-order chi connectivity index (χ1) is 16.1. The Balaban J connectivity index is 1.57. The Kier molecular flexibility index (Phi) is 5.37. The number of rotatable bonds is 5. The predicted molar refractivity (Wildman–Crippen MR) is 126 cm³/mol. The van der Waals surface area contributed by atoms with E-state index in [1.165, 1.54) is 11.3 Å². The average molecular weight is 453 g/mol. The molecule has 33 heavy (non-hydrogen) atoms. The van der Waals surface area contributed by atoms with Crippen LogP contribution in [0.25, 0.3) is 0 Å². The quantitative estimate of drug-likeness (QED) is 0.430. The minimum Gasteiger partial charge on any atom is -0.457 e. The molecule has 5 rings (SSSR count). The van der Waals surface area contributed by atoms with Crippen LogP contribution in [0.15, 0.2) is 78.3 Å². The number of carbonyl (C=O) groups excluding carboxylic acids is 1. The number of benzene rings is 3. The molecule has 1 N–H and O–H groups in total. The summed E-state index contributed by atoms with van der Waals surface area (Å²) in [6.45, 7) is 1.96. The van der Waals surface area contributed by atoms with E-state index in [9.17, 15) is 10.1 Å². The second-order valence-corrected chi connectivity index (χ2v) is 9.07. The number of amides is 1. The normalized spacial score (nSPS) is 18.8. The van der Waals surface area contributed by atoms with Crippen molar-refractivity contribution >= 4 is 22.4 Å². The molecule has 3 aromatic carbocycles. The lowest BCUT2D eigenvalue weighted by Gasteiger charge is -2.31. The van der Waals surface area contributed by atoms with E-state index in [0.717, 1.165) is 22.4 Å². The molecule has 1 aromatic heterocycles. The van der Waals surface area contributed by atoms with E-state index in [-0.39, 0.29) is 11.8 Å². The standard InChI is InChI=1S/C26H20N4O2S/c1-26(24(31)29-25-30-28-16-33-25)14-19-11-10-17(15-27)12-22(19)23(26)18-6-5-9-21(13-18)32-20-7-3-2-4-8-20/h2-13,16,23H,14H2,1H3,(H,29,30,31). The van der Waals surface area contributed by atoms with E-state index < -0.39 is 5.41 Å². The van der Waals surface area contributed by atoms with Crippen LogP contribution in [0.4, 0.5) is 5.13 Å². The van der Waals surface area contributed by atoms with Gasteiger partial charge in [0.15, 0.2) is 0 Å². The number of nitriles is 1. The third-order valence-electron chi connectivity index (χ3n) is 6.05. The smallest absolute Gasteiger partial charge is 0.233 e. The molecule has 162 valence electrons. The summed E-state index contributed by atoms with van der Waals surface area (Å²) in [5.41, 5.74) is 4.37.